The maximum Gasteiger partial charge on any atom is 0.262 e. The topological polar surface area (TPSA) is 134 Å². The van der Waals surface area contributed by atoms with Gasteiger partial charge in [-0.1, -0.05) is 30.8 Å². The minimum Gasteiger partial charge on any atom is -0.497 e. The fourth-order valence-electron chi connectivity index (χ4n) is 4.46. The summed E-state index contributed by atoms with van der Waals surface area (Å²) in [5.74, 6) is 2.06. The summed E-state index contributed by atoms with van der Waals surface area (Å²) < 4.78 is 23.0. The predicted octanol–water partition coefficient (Wildman–Crippen LogP) is 4.01. The van der Waals surface area contributed by atoms with Crippen LogP contribution in [0.3, 0.4) is 0 Å². The highest BCUT2D eigenvalue weighted by Crippen LogP contribution is 2.35. The van der Waals surface area contributed by atoms with Gasteiger partial charge in [-0.25, -0.2) is 4.98 Å². The number of rotatable bonds is 13. The molecule has 0 saturated heterocycles. The molecule has 3 heterocycles. The third-order valence-corrected chi connectivity index (χ3v) is 8.13. The third kappa shape index (κ3) is 6.88. The van der Waals surface area contributed by atoms with Gasteiger partial charge in [-0.05, 0) is 48.7 Å². The Labute approximate surface area is 246 Å². The minimum atomic E-state index is -0.502. The molecule has 0 radical (unpaired) electrons. The van der Waals surface area contributed by atoms with Crippen LogP contribution in [-0.4, -0.2) is 40.5 Å². The fraction of sp³-hybridized carbons (Fsp3) is 0.333. The summed E-state index contributed by atoms with van der Waals surface area (Å²) in [6.45, 7) is 2.87. The monoisotopic (exact) mass is 592 g/mol. The van der Waals surface area contributed by atoms with Crippen LogP contribution in [0.4, 0.5) is 0 Å². The summed E-state index contributed by atoms with van der Waals surface area (Å²) in [7, 11) is 1.60. The van der Waals surface area contributed by atoms with E-state index >= 15 is 0 Å². The zero-order valence-electron chi connectivity index (χ0n) is 23.4. The number of methoxy groups -OCH3 is 1. The first kappa shape index (κ1) is 29.1. The van der Waals surface area contributed by atoms with Crippen LogP contribution in [0.1, 0.15) is 37.5 Å². The van der Waals surface area contributed by atoms with Crippen LogP contribution in [-0.2, 0) is 29.2 Å². The zero-order valence-corrected chi connectivity index (χ0v) is 24.2. The number of fused-ring (bicyclic) bond motifs is 2. The summed E-state index contributed by atoms with van der Waals surface area (Å²) in [6.07, 6.45) is 2.68. The molecule has 220 valence electrons. The largest absolute Gasteiger partial charge is 0.497 e. The Bertz CT molecular complexity index is 1600. The van der Waals surface area contributed by atoms with Gasteiger partial charge in [0.2, 0.25) is 18.6 Å². The zero-order chi connectivity index (χ0) is 29.5. The molecule has 0 bridgehead atoms. The molecule has 2 amide bonds. The first-order valence-corrected chi connectivity index (χ1v) is 14.5. The van der Waals surface area contributed by atoms with Gasteiger partial charge in [0.15, 0.2) is 16.7 Å². The highest BCUT2D eigenvalue weighted by molar-refractivity contribution is 8.00. The third-order valence-electron chi connectivity index (χ3n) is 6.78. The van der Waals surface area contributed by atoms with E-state index in [0.29, 0.717) is 52.7 Å². The van der Waals surface area contributed by atoms with Crippen molar-refractivity contribution in [3.05, 3.63) is 76.5 Å². The number of aromatic nitrogens is 2. The Morgan fingerprint density at radius 1 is 1.10 bits per heavy atom. The van der Waals surface area contributed by atoms with E-state index in [2.05, 4.69) is 10.6 Å². The molecule has 0 fully saturated rings. The Hall–Kier alpha value is -4.45. The van der Waals surface area contributed by atoms with Crippen LogP contribution in [0.2, 0.25) is 0 Å². The fourth-order valence-corrected chi connectivity index (χ4v) is 5.52. The molecule has 0 saturated carbocycles. The van der Waals surface area contributed by atoms with Gasteiger partial charge in [0, 0.05) is 25.6 Å². The number of carbonyl (C=O) groups excluding carboxylic acids is 2. The van der Waals surface area contributed by atoms with Gasteiger partial charge < -0.3 is 29.3 Å². The maximum atomic E-state index is 13.7. The molecule has 1 aliphatic rings. The lowest BCUT2D eigenvalue weighted by Gasteiger charge is -2.18. The predicted molar refractivity (Wildman–Crippen MR) is 157 cm³/mol. The molecular weight excluding hydrogens is 560 g/mol. The van der Waals surface area contributed by atoms with Crippen molar-refractivity contribution in [1.82, 2.24) is 20.2 Å². The number of carbonyl (C=O) groups is 2. The lowest BCUT2D eigenvalue weighted by atomic mass is 10.2. The van der Waals surface area contributed by atoms with Gasteiger partial charge in [-0.2, -0.15) is 0 Å². The lowest BCUT2D eigenvalue weighted by molar-refractivity contribution is -0.122. The first-order chi connectivity index (χ1) is 20.4. The van der Waals surface area contributed by atoms with E-state index in [9.17, 15) is 14.4 Å². The molecule has 42 heavy (non-hydrogen) atoms. The number of furan rings is 1. The standard InChI is InChI=1S/C30H32N4O7S/c1-3-26(28(36)32-17-21-6-5-13-39-21)42-30-33-23-15-25-24(40-18-41-25)14-22(23)29(37)34(30)12-4-7-27(35)31-16-19-8-10-20(38-2)11-9-19/h5-6,8-11,13-15,26H,3-4,7,12,16-18H2,1-2H3,(H,31,35)(H,32,36). The second-order valence-electron chi connectivity index (χ2n) is 9.61. The van der Waals surface area contributed by atoms with Crippen LogP contribution in [0.5, 0.6) is 17.2 Å². The maximum absolute atomic E-state index is 13.7. The van der Waals surface area contributed by atoms with Crippen LogP contribution in [0.15, 0.2) is 69.2 Å². The van der Waals surface area contributed by atoms with E-state index in [1.165, 1.54) is 16.3 Å². The van der Waals surface area contributed by atoms with E-state index in [4.69, 9.17) is 23.6 Å². The summed E-state index contributed by atoms with van der Waals surface area (Å²) >= 11 is 1.22. The van der Waals surface area contributed by atoms with Gasteiger partial charge in [0.1, 0.15) is 11.5 Å². The Balaban J connectivity index is 1.30. The van der Waals surface area contributed by atoms with Crippen LogP contribution in [0.25, 0.3) is 10.9 Å². The van der Waals surface area contributed by atoms with E-state index in [0.717, 1.165) is 11.3 Å². The molecule has 1 unspecified atom stereocenters. The molecule has 5 rings (SSSR count). The highest BCUT2D eigenvalue weighted by atomic mass is 32.2. The molecule has 1 atom stereocenters. The van der Waals surface area contributed by atoms with Crippen molar-refractivity contribution in [2.45, 2.75) is 56.2 Å². The molecule has 0 spiro atoms. The molecular formula is C30H32N4O7S. The van der Waals surface area contributed by atoms with Crippen molar-refractivity contribution in [3.63, 3.8) is 0 Å². The molecule has 2 aromatic carbocycles. The first-order valence-electron chi connectivity index (χ1n) is 13.7. The van der Waals surface area contributed by atoms with Gasteiger partial charge in [0.05, 0.1) is 36.1 Å². The molecule has 12 heteroatoms. The van der Waals surface area contributed by atoms with E-state index in [1.54, 1.807) is 37.6 Å². The van der Waals surface area contributed by atoms with Gasteiger partial charge >= 0.3 is 0 Å². The van der Waals surface area contributed by atoms with Crippen molar-refractivity contribution >= 4 is 34.5 Å². The van der Waals surface area contributed by atoms with Crippen molar-refractivity contribution in [2.24, 2.45) is 0 Å². The van der Waals surface area contributed by atoms with Crippen molar-refractivity contribution in [2.75, 3.05) is 13.9 Å². The number of hydrogen-bond donors (Lipinski definition) is 2. The second-order valence-corrected chi connectivity index (χ2v) is 10.8. The summed E-state index contributed by atoms with van der Waals surface area (Å²) in [5, 5.41) is 6.07. The smallest absolute Gasteiger partial charge is 0.262 e. The SMILES string of the molecule is CCC(Sc1nc2cc3c(cc2c(=O)n1CCCC(=O)NCc1ccc(OC)cc1)OCO3)C(=O)NCc1ccco1. The van der Waals surface area contributed by atoms with Crippen molar-refractivity contribution in [1.29, 1.82) is 0 Å². The number of hydrogen-bond acceptors (Lipinski definition) is 9. The van der Waals surface area contributed by atoms with Crippen LogP contribution < -0.4 is 30.4 Å². The highest BCUT2D eigenvalue weighted by Gasteiger charge is 2.24. The van der Waals surface area contributed by atoms with E-state index in [-0.39, 0.29) is 43.7 Å². The van der Waals surface area contributed by atoms with E-state index in [1.807, 2.05) is 31.2 Å². The molecule has 4 aromatic rings. The summed E-state index contributed by atoms with van der Waals surface area (Å²) in [6, 6.07) is 14.3. The average Bonchev–Trinajstić information content (AvgIpc) is 3.70. The molecule has 11 nitrogen and oxygen atoms in total. The molecule has 2 aromatic heterocycles. The summed E-state index contributed by atoms with van der Waals surface area (Å²) in [4.78, 5) is 44.1. The Morgan fingerprint density at radius 3 is 2.60 bits per heavy atom. The summed E-state index contributed by atoms with van der Waals surface area (Å²) in [5.41, 5.74) is 1.13. The number of benzene rings is 2. The number of amides is 2. The number of nitrogens with zero attached hydrogens (tertiary/aromatic N) is 2. The normalized spacial score (nSPS) is 12.7. The van der Waals surface area contributed by atoms with Crippen molar-refractivity contribution in [3.8, 4) is 17.2 Å². The van der Waals surface area contributed by atoms with E-state index < -0.39 is 5.25 Å². The van der Waals surface area contributed by atoms with Crippen LogP contribution >= 0.6 is 11.8 Å². The minimum absolute atomic E-state index is 0.0703. The lowest BCUT2D eigenvalue weighted by Crippen LogP contribution is -2.33. The number of nitrogens with one attached hydrogen (secondary N) is 2. The Morgan fingerprint density at radius 2 is 1.88 bits per heavy atom. The van der Waals surface area contributed by atoms with Gasteiger partial charge in [0.25, 0.3) is 5.56 Å². The van der Waals surface area contributed by atoms with Crippen molar-refractivity contribution < 1.29 is 28.2 Å². The Kier molecular flexibility index (Phi) is 9.32. The molecule has 0 aliphatic carbocycles. The second kappa shape index (κ2) is 13.5. The number of ether oxygens (including phenoxy) is 3. The van der Waals surface area contributed by atoms with Crippen LogP contribution in [0, 0.1) is 0 Å². The average molecular weight is 593 g/mol. The molecule has 2 N–H and O–H groups in total. The number of thioether (sulfide) groups is 1. The van der Waals surface area contributed by atoms with Gasteiger partial charge in [-0.3, -0.25) is 19.0 Å². The quantitative estimate of drug-likeness (QED) is 0.174. The molecule has 1 aliphatic heterocycles. The van der Waals surface area contributed by atoms with Gasteiger partial charge in [-0.15, -0.1) is 0 Å².